The molecule has 6 heteroatoms. The van der Waals surface area contributed by atoms with E-state index >= 15 is 0 Å². The van der Waals surface area contributed by atoms with Crippen LogP contribution in [0.4, 0.5) is 0 Å². The van der Waals surface area contributed by atoms with Crippen molar-refractivity contribution in [3.63, 3.8) is 0 Å². The molecule has 4 saturated carbocycles. The normalized spacial score (nSPS) is 50.4. The van der Waals surface area contributed by atoms with Gasteiger partial charge in [0.15, 0.2) is 5.78 Å². The summed E-state index contributed by atoms with van der Waals surface area (Å²) in [6.45, 7) is 4.35. The lowest BCUT2D eigenvalue weighted by Crippen LogP contribution is -2.63. The number of carbonyl (C=O) groups is 3. The Balaban J connectivity index is 1.42. The van der Waals surface area contributed by atoms with Crippen molar-refractivity contribution < 1.29 is 23.9 Å². The van der Waals surface area contributed by atoms with Gasteiger partial charge in [-0.05, 0) is 61.7 Å². The van der Waals surface area contributed by atoms with Crippen LogP contribution in [0.1, 0.15) is 65.2 Å². The molecule has 1 aliphatic heterocycles. The molecule has 5 aliphatic rings. The largest absolute Gasteiger partial charge is 0.458 e. The second-order valence-corrected chi connectivity index (χ2v) is 12.0. The molecule has 5 fully saturated rings. The molecule has 0 aromatic rings. The Morgan fingerprint density at radius 2 is 2.00 bits per heavy atom. The number of hydrogen-bond acceptors (Lipinski definition) is 5. The molecule has 5 rings (SSSR count). The molecule has 0 amide bonds. The predicted molar refractivity (Wildman–Crippen MR) is 109 cm³/mol. The molecule has 0 spiro atoms. The number of esters is 1. The summed E-state index contributed by atoms with van der Waals surface area (Å²) in [4.78, 5) is 36.3. The molecule has 0 N–H and O–H groups in total. The quantitative estimate of drug-likeness (QED) is 0.466. The van der Waals surface area contributed by atoms with Crippen LogP contribution in [0.5, 0.6) is 0 Å². The number of carbonyl (C=O) groups excluding carboxylic acids is 3. The molecule has 0 aromatic heterocycles. The van der Waals surface area contributed by atoms with Gasteiger partial charge in [0.05, 0.1) is 17.0 Å². The molecule has 1 heterocycles. The van der Waals surface area contributed by atoms with Gasteiger partial charge in [0, 0.05) is 31.1 Å². The molecule has 4 aliphatic carbocycles. The topological polar surface area (TPSA) is 69.7 Å². The van der Waals surface area contributed by atoms with Gasteiger partial charge in [-0.15, -0.1) is 0 Å². The number of Topliss-reactive ketones (excluding diaryl/α,β-unsaturated/α-hetero) is 2. The number of hydrogen-bond donors (Lipinski definition) is 0. The van der Waals surface area contributed by atoms with Crippen LogP contribution in [0.2, 0.25) is 0 Å². The smallest absolute Gasteiger partial charge is 0.303 e. The Labute approximate surface area is 180 Å². The Kier molecular flexibility index (Phi) is 4.61. The Morgan fingerprint density at radius 3 is 2.76 bits per heavy atom. The summed E-state index contributed by atoms with van der Waals surface area (Å²) in [7, 11) is 0. The summed E-state index contributed by atoms with van der Waals surface area (Å²) in [5.41, 5.74) is 0.0565. The maximum atomic E-state index is 12.9. The summed E-state index contributed by atoms with van der Waals surface area (Å²) >= 11 is 4.07. The number of rotatable bonds is 3. The van der Waals surface area contributed by atoms with Gasteiger partial charge in [-0.1, -0.05) is 22.9 Å². The van der Waals surface area contributed by atoms with E-state index in [4.69, 9.17) is 9.47 Å². The van der Waals surface area contributed by atoms with Crippen LogP contribution < -0.4 is 0 Å². The van der Waals surface area contributed by atoms with Gasteiger partial charge in [0.25, 0.3) is 0 Å². The zero-order valence-corrected chi connectivity index (χ0v) is 19.0. The average molecular weight is 467 g/mol. The third kappa shape index (κ3) is 2.63. The summed E-state index contributed by atoms with van der Waals surface area (Å²) in [5.74, 6) is 1.71. The van der Waals surface area contributed by atoms with Crippen molar-refractivity contribution in [1.82, 2.24) is 0 Å². The van der Waals surface area contributed by atoms with Gasteiger partial charge in [0.1, 0.15) is 12.4 Å². The molecule has 8 atom stereocenters. The van der Waals surface area contributed by atoms with E-state index < -0.39 is 0 Å². The number of ketones is 2. The molecule has 160 valence electrons. The Hall–Kier alpha value is -0.750. The molecular weight excluding hydrogens is 436 g/mol. The van der Waals surface area contributed by atoms with E-state index in [1.54, 1.807) is 0 Å². The first-order chi connectivity index (χ1) is 13.7. The lowest BCUT2D eigenvalue weighted by atomic mass is 9.44. The van der Waals surface area contributed by atoms with Crippen LogP contribution in [0.25, 0.3) is 0 Å². The maximum absolute atomic E-state index is 12.9. The van der Waals surface area contributed by atoms with E-state index in [0.29, 0.717) is 36.4 Å². The molecule has 5 unspecified atom stereocenters. The third-order valence-corrected chi connectivity index (χ3v) is 11.2. The first-order valence-corrected chi connectivity index (χ1v) is 12.0. The number of fused-ring (bicyclic) bond motifs is 3. The van der Waals surface area contributed by atoms with E-state index in [2.05, 4.69) is 22.9 Å². The van der Waals surface area contributed by atoms with Gasteiger partial charge in [-0.3, -0.25) is 14.4 Å². The fraction of sp³-hybridized carbons (Fsp3) is 0.870. The minimum atomic E-state index is -0.387. The third-order valence-electron chi connectivity index (χ3n) is 9.62. The molecule has 0 radical (unpaired) electrons. The summed E-state index contributed by atoms with van der Waals surface area (Å²) in [5, 5.41) is 0. The highest BCUT2D eigenvalue weighted by molar-refractivity contribution is 9.10. The van der Waals surface area contributed by atoms with Crippen LogP contribution in [0.15, 0.2) is 0 Å². The first kappa shape index (κ1) is 20.2. The Bertz CT molecular complexity index is 766. The zero-order chi connectivity index (χ0) is 20.6. The van der Waals surface area contributed by atoms with Crippen molar-refractivity contribution >= 4 is 33.5 Å². The van der Waals surface area contributed by atoms with Crippen LogP contribution in [-0.2, 0) is 23.9 Å². The zero-order valence-electron chi connectivity index (χ0n) is 17.4. The maximum Gasteiger partial charge on any atom is 0.303 e. The number of ether oxygens (including phenoxy) is 2. The van der Waals surface area contributed by atoms with Gasteiger partial charge in [-0.2, -0.15) is 0 Å². The van der Waals surface area contributed by atoms with E-state index in [1.165, 1.54) is 6.92 Å². The second kappa shape index (κ2) is 6.62. The van der Waals surface area contributed by atoms with Crippen molar-refractivity contribution in [1.29, 1.82) is 0 Å². The van der Waals surface area contributed by atoms with Crippen molar-refractivity contribution in [2.75, 3.05) is 13.2 Å². The fourth-order valence-electron chi connectivity index (χ4n) is 8.34. The van der Waals surface area contributed by atoms with Crippen LogP contribution in [0.3, 0.4) is 0 Å². The molecular formula is C23H31BrO5. The van der Waals surface area contributed by atoms with Crippen LogP contribution in [-0.4, -0.2) is 41.2 Å². The van der Waals surface area contributed by atoms with E-state index in [-0.39, 0.29) is 45.5 Å². The van der Waals surface area contributed by atoms with Gasteiger partial charge in [-0.25, -0.2) is 0 Å². The molecule has 29 heavy (non-hydrogen) atoms. The van der Waals surface area contributed by atoms with Gasteiger partial charge in [0.2, 0.25) is 0 Å². The summed E-state index contributed by atoms with van der Waals surface area (Å²) in [6, 6.07) is 0. The highest BCUT2D eigenvalue weighted by Crippen LogP contribution is 2.72. The number of halogens is 1. The minimum absolute atomic E-state index is 0.00698. The highest BCUT2D eigenvalue weighted by atomic mass is 79.9. The van der Waals surface area contributed by atoms with Gasteiger partial charge >= 0.3 is 5.97 Å². The molecule has 0 aromatic carbocycles. The number of alkyl halides is 1. The second-order valence-electron chi connectivity index (χ2n) is 10.6. The molecule has 5 nitrogen and oxygen atoms in total. The van der Waals surface area contributed by atoms with Crippen LogP contribution >= 0.6 is 15.9 Å². The van der Waals surface area contributed by atoms with E-state index in [1.807, 2.05) is 0 Å². The average Bonchev–Trinajstić information content (AvgIpc) is 3.08. The SMILES string of the molecule is CC(=O)OCC(=O)C1CCC2C3C[C@H]4OC[C@@]5(CCC(=O)CC45Br)C3CC[C@]12C. The highest BCUT2D eigenvalue weighted by Gasteiger charge is 2.72. The lowest BCUT2D eigenvalue weighted by Gasteiger charge is -2.61. The summed E-state index contributed by atoms with van der Waals surface area (Å²) in [6.07, 6.45) is 7.44. The lowest BCUT2D eigenvalue weighted by molar-refractivity contribution is -0.150. The van der Waals surface area contributed by atoms with Crippen molar-refractivity contribution in [2.45, 2.75) is 75.6 Å². The monoisotopic (exact) mass is 466 g/mol. The van der Waals surface area contributed by atoms with Crippen molar-refractivity contribution in [2.24, 2.45) is 34.5 Å². The van der Waals surface area contributed by atoms with Gasteiger partial charge < -0.3 is 9.47 Å². The molecule has 2 bridgehead atoms. The molecule has 1 saturated heterocycles. The van der Waals surface area contributed by atoms with E-state index in [9.17, 15) is 14.4 Å². The first-order valence-electron chi connectivity index (χ1n) is 11.2. The summed E-state index contributed by atoms with van der Waals surface area (Å²) < 4.78 is 11.2. The predicted octanol–water partition coefficient (Wildman–Crippen LogP) is 3.85. The Morgan fingerprint density at radius 1 is 1.21 bits per heavy atom. The van der Waals surface area contributed by atoms with Crippen molar-refractivity contribution in [3.8, 4) is 0 Å². The minimum Gasteiger partial charge on any atom is -0.458 e. The van der Waals surface area contributed by atoms with Crippen LogP contribution in [0, 0.1) is 34.5 Å². The standard InChI is InChI=1S/C23H31BrO5/c1-13(25)28-11-19(27)18-4-3-16-15-9-20-23(24)10-14(26)5-8-22(23,12-29-20)17(15)6-7-21(16,18)2/h15-18,20H,3-12H2,1-2H3/t15?,16?,17?,18?,20-,21+,22+,23?/m1/s1. The van der Waals surface area contributed by atoms with Crippen molar-refractivity contribution in [3.05, 3.63) is 0 Å². The van der Waals surface area contributed by atoms with E-state index in [0.717, 1.165) is 45.1 Å². The fourth-order valence-corrected chi connectivity index (χ4v) is 9.58.